The Morgan fingerprint density at radius 2 is 2.00 bits per heavy atom. The highest BCUT2D eigenvalue weighted by molar-refractivity contribution is 5.78. The van der Waals surface area contributed by atoms with Crippen molar-refractivity contribution in [3.63, 3.8) is 0 Å². The van der Waals surface area contributed by atoms with Gasteiger partial charge in [-0.15, -0.1) is 0 Å². The van der Waals surface area contributed by atoms with Crippen molar-refractivity contribution in [1.82, 2.24) is 4.98 Å². The first-order valence-electron chi connectivity index (χ1n) is 10.8. The van der Waals surface area contributed by atoms with Crippen LogP contribution in [0.1, 0.15) is 30.7 Å². The van der Waals surface area contributed by atoms with E-state index in [1.807, 2.05) is 25.1 Å². The van der Waals surface area contributed by atoms with Crippen molar-refractivity contribution in [1.29, 1.82) is 0 Å². The molecule has 0 unspecified atom stereocenters. The maximum Gasteiger partial charge on any atom is 0.283 e. The Kier molecular flexibility index (Phi) is 4.94. The first kappa shape index (κ1) is 21.7. The zero-order valence-electron chi connectivity index (χ0n) is 19.1. The van der Waals surface area contributed by atoms with Crippen LogP contribution in [0.5, 0.6) is 17.2 Å². The summed E-state index contributed by atoms with van der Waals surface area (Å²) in [6.45, 7) is 13.1. The number of aromatic nitrogens is 1. The van der Waals surface area contributed by atoms with E-state index in [1.165, 1.54) is 6.07 Å². The molecular weight excluding hydrogens is 435 g/mol. The summed E-state index contributed by atoms with van der Waals surface area (Å²) in [5, 5.41) is 0. The SMILES string of the molecule is [C-]#[N+]C(C)(C)COc1ccc2c(c1)[C@@]1(COC(N)=N1)c1cc(-c3ccc(C)nc3)cc(F)c1O2. The maximum absolute atomic E-state index is 15.4. The molecule has 5 rings (SSSR count). The van der Waals surface area contributed by atoms with E-state index in [-0.39, 0.29) is 25.0 Å². The third-order valence-electron chi connectivity index (χ3n) is 5.97. The lowest BCUT2D eigenvalue weighted by Gasteiger charge is -2.34. The van der Waals surface area contributed by atoms with Crippen molar-refractivity contribution in [2.45, 2.75) is 31.8 Å². The molecule has 3 aromatic rings. The van der Waals surface area contributed by atoms with Crippen molar-refractivity contribution in [2.24, 2.45) is 10.7 Å². The van der Waals surface area contributed by atoms with Gasteiger partial charge in [-0.2, -0.15) is 0 Å². The van der Waals surface area contributed by atoms with Gasteiger partial charge in [0.25, 0.3) is 11.6 Å². The van der Waals surface area contributed by atoms with Crippen LogP contribution in [0.4, 0.5) is 4.39 Å². The Balaban J connectivity index is 1.64. The normalized spacial score (nSPS) is 18.3. The first-order valence-corrected chi connectivity index (χ1v) is 10.8. The van der Waals surface area contributed by atoms with Gasteiger partial charge in [-0.1, -0.05) is 6.07 Å². The molecule has 2 aliphatic heterocycles. The van der Waals surface area contributed by atoms with Gasteiger partial charge < -0.3 is 24.8 Å². The number of hydrogen-bond acceptors (Lipinski definition) is 6. The zero-order chi connectivity index (χ0) is 24.1. The lowest BCUT2D eigenvalue weighted by molar-refractivity contribution is 0.254. The minimum Gasteiger partial charge on any atom is -0.485 e. The number of ether oxygens (including phenoxy) is 3. The second-order valence-corrected chi connectivity index (χ2v) is 9.09. The number of benzene rings is 2. The standard InChI is InChI=1S/C26H23FN4O3/c1-15-5-6-16(12-30-15)17-9-20-23(21(27)10-17)34-22-8-7-18(32-13-25(2,3)29-4)11-19(22)26(20)14-33-24(28)31-26/h5-12H,13-14H2,1-3H3,(H2,28,31)/t26-/m0/s1. The van der Waals surface area contributed by atoms with Crippen LogP contribution in [0.2, 0.25) is 0 Å². The van der Waals surface area contributed by atoms with Gasteiger partial charge in [0.15, 0.2) is 23.7 Å². The van der Waals surface area contributed by atoms with Gasteiger partial charge in [-0.3, -0.25) is 4.98 Å². The van der Waals surface area contributed by atoms with E-state index in [0.29, 0.717) is 28.2 Å². The van der Waals surface area contributed by atoms with Gasteiger partial charge in [-0.05, 0) is 48.9 Å². The molecule has 0 aliphatic carbocycles. The molecule has 8 heteroatoms. The molecule has 1 aromatic heterocycles. The molecule has 34 heavy (non-hydrogen) atoms. The molecule has 2 N–H and O–H groups in total. The van der Waals surface area contributed by atoms with E-state index in [0.717, 1.165) is 11.3 Å². The van der Waals surface area contributed by atoms with Crippen LogP contribution in [0, 0.1) is 19.3 Å². The molecular formula is C26H23FN4O3. The molecule has 1 atom stereocenters. The Morgan fingerprint density at radius 1 is 1.18 bits per heavy atom. The van der Waals surface area contributed by atoms with Crippen LogP contribution in [0.15, 0.2) is 53.7 Å². The maximum atomic E-state index is 15.4. The second-order valence-electron chi connectivity index (χ2n) is 9.09. The van der Waals surface area contributed by atoms with E-state index in [9.17, 15) is 0 Å². The number of halogens is 1. The predicted octanol–water partition coefficient (Wildman–Crippen LogP) is 4.97. The fourth-order valence-corrected chi connectivity index (χ4v) is 4.07. The molecule has 3 heterocycles. The van der Waals surface area contributed by atoms with Crippen molar-refractivity contribution in [3.05, 3.63) is 82.7 Å². The van der Waals surface area contributed by atoms with Gasteiger partial charge in [0.1, 0.15) is 18.1 Å². The summed E-state index contributed by atoms with van der Waals surface area (Å²) in [6.07, 6.45) is 1.70. The molecule has 2 aromatic carbocycles. The third-order valence-corrected chi connectivity index (χ3v) is 5.97. The van der Waals surface area contributed by atoms with Crippen molar-refractivity contribution in [2.75, 3.05) is 13.2 Å². The monoisotopic (exact) mass is 458 g/mol. The Bertz CT molecular complexity index is 1360. The lowest BCUT2D eigenvalue weighted by Crippen LogP contribution is -2.31. The van der Waals surface area contributed by atoms with Gasteiger partial charge in [0.2, 0.25) is 0 Å². The van der Waals surface area contributed by atoms with Crippen molar-refractivity contribution < 1.29 is 18.6 Å². The fraction of sp³-hybridized carbons (Fsp3) is 0.269. The van der Waals surface area contributed by atoms with Crippen LogP contribution >= 0.6 is 0 Å². The number of hydrogen-bond donors (Lipinski definition) is 1. The number of aliphatic imine (C=N–C) groups is 1. The fourth-order valence-electron chi connectivity index (χ4n) is 4.07. The van der Waals surface area contributed by atoms with Crippen LogP contribution in [0.3, 0.4) is 0 Å². The summed E-state index contributed by atoms with van der Waals surface area (Å²) < 4.78 is 32.9. The van der Waals surface area contributed by atoms with Crippen molar-refractivity contribution in [3.8, 4) is 28.4 Å². The highest BCUT2D eigenvalue weighted by atomic mass is 19.1. The molecule has 2 aliphatic rings. The Hall–Kier alpha value is -4.12. The number of nitrogens with zero attached hydrogens (tertiary/aromatic N) is 3. The van der Waals surface area contributed by atoms with E-state index < -0.39 is 16.9 Å². The smallest absolute Gasteiger partial charge is 0.283 e. The summed E-state index contributed by atoms with van der Waals surface area (Å²) in [5.41, 5.74) is 7.61. The second kappa shape index (κ2) is 7.73. The van der Waals surface area contributed by atoms with E-state index in [4.69, 9.17) is 26.5 Å². The molecule has 0 saturated heterocycles. The van der Waals surface area contributed by atoms with Gasteiger partial charge in [0, 0.05) is 42.4 Å². The number of fused-ring (bicyclic) bond motifs is 4. The van der Waals surface area contributed by atoms with E-state index in [2.05, 4.69) is 14.8 Å². The molecule has 0 saturated carbocycles. The predicted molar refractivity (Wildman–Crippen MR) is 125 cm³/mol. The molecule has 0 amide bonds. The minimum absolute atomic E-state index is 0.0158. The average molecular weight is 458 g/mol. The summed E-state index contributed by atoms with van der Waals surface area (Å²) in [7, 11) is 0. The molecule has 0 fully saturated rings. The highest BCUT2D eigenvalue weighted by Crippen LogP contribution is 2.53. The largest absolute Gasteiger partial charge is 0.485 e. The van der Waals surface area contributed by atoms with Gasteiger partial charge >= 0.3 is 0 Å². The van der Waals surface area contributed by atoms with Crippen LogP contribution in [-0.4, -0.2) is 29.8 Å². The summed E-state index contributed by atoms with van der Waals surface area (Å²) in [5.74, 6) is 0.552. The first-order chi connectivity index (χ1) is 16.2. The molecule has 172 valence electrons. The molecule has 0 bridgehead atoms. The number of aryl methyl sites for hydroxylation is 1. The van der Waals surface area contributed by atoms with E-state index >= 15 is 4.39 Å². The van der Waals surface area contributed by atoms with Crippen LogP contribution in [-0.2, 0) is 10.3 Å². The van der Waals surface area contributed by atoms with Gasteiger partial charge in [0.05, 0.1) is 0 Å². The number of pyridine rings is 1. The lowest BCUT2D eigenvalue weighted by atomic mass is 9.80. The van der Waals surface area contributed by atoms with Crippen LogP contribution in [0.25, 0.3) is 16.0 Å². The van der Waals surface area contributed by atoms with Crippen LogP contribution < -0.4 is 15.2 Å². The minimum atomic E-state index is -1.10. The topological polar surface area (TPSA) is 83.3 Å². The molecule has 0 radical (unpaired) electrons. The average Bonchev–Trinajstić information content (AvgIpc) is 3.21. The van der Waals surface area contributed by atoms with E-state index in [1.54, 1.807) is 38.2 Å². The summed E-state index contributed by atoms with van der Waals surface area (Å²) in [6, 6.07) is 12.3. The number of amidine groups is 1. The molecule has 7 nitrogen and oxygen atoms in total. The molecule has 1 spiro atoms. The summed E-state index contributed by atoms with van der Waals surface area (Å²) >= 11 is 0. The number of nitrogens with two attached hydrogens (primary N) is 1. The number of rotatable bonds is 4. The zero-order valence-corrected chi connectivity index (χ0v) is 19.1. The highest BCUT2D eigenvalue weighted by Gasteiger charge is 2.48. The Morgan fingerprint density at radius 3 is 2.68 bits per heavy atom. The van der Waals surface area contributed by atoms with Gasteiger partial charge in [-0.25, -0.2) is 16.0 Å². The Labute approximate surface area is 196 Å². The third kappa shape index (κ3) is 3.59. The quantitative estimate of drug-likeness (QED) is 0.559. The summed E-state index contributed by atoms with van der Waals surface area (Å²) in [4.78, 5) is 12.5. The van der Waals surface area contributed by atoms with Crippen molar-refractivity contribution >= 4 is 6.02 Å².